The Labute approximate surface area is 126 Å². The zero-order valence-corrected chi connectivity index (χ0v) is 12.8. The van der Waals surface area contributed by atoms with E-state index >= 15 is 0 Å². The van der Waals surface area contributed by atoms with Crippen molar-refractivity contribution in [3.63, 3.8) is 0 Å². The number of benzene rings is 1. The topological polar surface area (TPSA) is 70.6 Å². The summed E-state index contributed by atoms with van der Waals surface area (Å²) in [6.45, 7) is 9.67. The molecule has 1 rings (SSSR count). The van der Waals surface area contributed by atoms with Crippen LogP contribution in [0.5, 0.6) is 5.75 Å². The van der Waals surface area contributed by atoms with Crippen molar-refractivity contribution in [3.8, 4) is 5.75 Å². The van der Waals surface area contributed by atoms with E-state index in [4.69, 9.17) is 4.74 Å². The Hall–Kier alpha value is -2.01. The smallest absolute Gasteiger partial charge is 0.319 e. The van der Waals surface area contributed by atoms with Crippen LogP contribution in [0.2, 0.25) is 0 Å². The predicted molar refractivity (Wildman–Crippen MR) is 84.6 cm³/mol. The zero-order valence-electron chi connectivity index (χ0n) is 12.8. The average Bonchev–Trinajstić information content (AvgIpc) is 2.43. The van der Waals surface area contributed by atoms with E-state index in [1.165, 1.54) is 0 Å². The lowest BCUT2D eigenvalue weighted by atomic mass is 9.93. The van der Waals surface area contributed by atoms with Crippen LogP contribution in [0.4, 0.5) is 10.5 Å². The molecule has 0 spiro atoms. The summed E-state index contributed by atoms with van der Waals surface area (Å²) < 4.78 is 5.39. The number of carbonyl (C=O) groups excluding carboxylic acids is 1. The van der Waals surface area contributed by atoms with E-state index in [1.54, 1.807) is 37.3 Å². The van der Waals surface area contributed by atoms with Crippen molar-refractivity contribution in [3.05, 3.63) is 36.9 Å². The van der Waals surface area contributed by atoms with Gasteiger partial charge in [0.15, 0.2) is 0 Å². The van der Waals surface area contributed by atoms with Gasteiger partial charge in [-0.2, -0.15) is 0 Å². The molecule has 2 amide bonds. The fraction of sp³-hybridized carbons (Fsp3) is 0.438. The Morgan fingerprint density at radius 2 is 2.24 bits per heavy atom. The van der Waals surface area contributed by atoms with Crippen LogP contribution >= 0.6 is 0 Å². The lowest BCUT2D eigenvalue weighted by molar-refractivity contribution is 0.0170. The number of nitrogens with one attached hydrogen (secondary N) is 2. The fourth-order valence-corrected chi connectivity index (χ4v) is 1.46. The quantitative estimate of drug-likeness (QED) is 0.677. The lowest BCUT2D eigenvalue weighted by Gasteiger charge is -2.27. The molecule has 5 nitrogen and oxygen atoms in total. The average molecular weight is 292 g/mol. The fourth-order valence-electron chi connectivity index (χ4n) is 1.46. The number of amides is 2. The van der Waals surface area contributed by atoms with Crippen molar-refractivity contribution in [2.75, 3.05) is 18.5 Å². The van der Waals surface area contributed by atoms with Gasteiger partial charge in [0, 0.05) is 18.3 Å². The second kappa shape index (κ2) is 7.69. The number of ether oxygens (including phenoxy) is 1. The second-order valence-corrected chi connectivity index (χ2v) is 5.45. The van der Waals surface area contributed by atoms with Gasteiger partial charge < -0.3 is 20.5 Å². The lowest BCUT2D eigenvalue weighted by Crippen LogP contribution is -2.45. The van der Waals surface area contributed by atoms with Crippen LogP contribution in [0.25, 0.3) is 0 Å². The van der Waals surface area contributed by atoms with Gasteiger partial charge in [-0.3, -0.25) is 0 Å². The van der Waals surface area contributed by atoms with Crippen molar-refractivity contribution in [2.45, 2.75) is 26.4 Å². The summed E-state index contributed by atoms with van der Waals surface area (Å²) in [5, 5.41) is 15.4. The van der Waals surface area contributed by atoms with E-state index in [9.17, 15) is 9.90 Å². The molecule has 0 saturated carbocycles. The molecule has 1 aromatic rings. The van der Waals surface area contributed by atoms with Gasteiger partial charge in [0.1, 0.15) is 12.4 Å². The van der Waals surface area contributed by atoms with Crippen LogP contribution in [-0.2, 0) is 0 Å². The second-order valence-electron chi connectivity index (χ2n) is 5.45. The molecule has 0 saturated heterocycles. The molecule has 5 heteroatoms. The zero-order chi connectivity index (χ0) is 15.9. The summed E-state index contributed by atoms with van der Waals surface area (Å²) in [6, 6.07) is 6.72. The molecule has 3 N–H and O–H groups in total. The standard InChI is InChI=1S/C16H24N2O3/c1-5-9-21-14-8-6-7-13(10-14)18-15(19)17-11-16(4,20)12(2)3/h5-8,10,12,20H,1,9,11H2,2-4H3,(H2,17,18,19). The first kappa shape index (κ1) is 17.0. The maximum Gasteiger partial charge on any atom is 0.319 e. The molecule has 1 aromatic carbocycles. The Kier molecular flexibility index (Phi) is 6.24. The molecule has 0 aliphatic rings. The largest absolute Gasteiger partial charge is 0.489 e. The van der Waals surface area contributed by atoms with Gasteiger partial charge in [0.25, 0.3) is 0 Å². The number of hydrogen-bond acceptors (Lipinski definition) is 3. The Bertz CT molecular complexity index is 484. The van der Waals surface area contributed by atoms with Gasteiger partial charge in [-0.05, 0) is 25.0 Å². The molecule has 0 aromatic heterocycles. The van der Waals surface area contributed by atoms with Crippen molar-refractivity contribution in [2.24, 2.45) is 5.92 Å². The molecule has 0 radical (unpaired) electrons. The Morgan fingerprint density at radius 1 is 1.52 bits per heavy atom. The molecule has 1 atom stereocenters. The molecule has 1 unspecified atom stereocenters. The minimum atomic E-state index is -0.938. The third kappa shape index (κ3) is 5.87. The van der Waals surface area contributed by atoms with Crippen LogP contribution in [-0.4, -0.2) is 29.9 Å². The highest BCUT2D eigenvalue weighted by Gasteiger charge is 2.25. The molecule has 21 heavy (non-hydrogen) atoms. The summed E-state index contributed by atoms with van der Waals surface area (Å²) >= 11 is 0. The van der Waals surface area contributed by atoms with E-state index in [1.807, 2.05) is 13.8 Å². The van der Waals surface area contributed by atoms with Crippen LogP contribution in [0, 0.1) is 5.92 Å². The maximum atomic E-state index is 11.8. The highest BCUT2D eigenvalue weighted by atomic mass is 16.5. The first-order valence-electron chi connectivity index (χ1n) is 6.96. The molecule has 0 bridgehead atoms. The van der Waals surface area contributed by atoms with Crippen molar-refractivity contribution < 1.29 is 14.6 Å². The number of aliphatic hydroxyl groups is 1. The monoisotopic (exact) mass is 292 g/mol. The highest BCUT2D eigenvalue weighted by Crippen LogP contribution is 2.18. The van der Waals surface area contributed by atoms with E-state index < -0.39 is 5.60 Å². The predicted octanol–water partition coefficient (Wildman–Crippen LogP) is 2.78. The molecular formula is C16H24N2O3. The van der Waals surface area contributed by atoms with Crippen molar-refractivity contribution in [1.29, 1.82) is 0 Å². The number of rotatable bonds is 7. The molecule has 116 valence electrons. The third-order valence-electron chi connectivity index (χ3n) is 3.31. The molecule has 0 fully saturated rings. The number of anilines is 1. The van der Waals surface area contributed by atoms with Crippen LogP contribution in [0.3, 0.4) is 0 Å². The van der Waals surface area contributed by atoms with Crippen molar-refractivity contribution >= 4 is 11.7 Å². The normalized spacial score (nSPS) is 13.4. The van der Waals surface area contributed by atoms with E-state index in [-0.39, 0.29) is 18.5 Å². The summed E-state index contributed by atoms with van der Waals surface area (Å²) in [7, 11) is 0. The van der Waals surface area contributed by atoms with Gasteiger partial charge >= 0.3 is 6.03 Å². The third-order valence-corrected chi connectivity index (χ3v) is 3.31. The molecule has 0 aliphatic carbocycles. The van der Waals surface area contributed by atoms with Gasteiger partial charge in [-0.15, -0.1) is 0 Å². The van der Waals surface area contributed by atoms with Gasteiger partial charge in [-0.1, -0.05) is 32.6 Å². The SMILES string of the molecule is C=CCOc1cccc(NC(=O)NCC(C)(O)C(C)C)c1. The molecular weight excluding hydrogens is 268 g/mol. The molecule has 0 aliphatic heterocycles. The number of carbonyl (C=O) groups is 1. The maximum absolute atomic E-state index is 11.8. The van der Waals surface area contributed by atoms with Crippen LogP contribution in [0.15, 0.2) is 36.9 Å². The first-order valence-corrected chi connectivity index (χ1v) is 6.96. The molecule has 0 heterocycles. The number of urea groups is 1. The van der Waals surface area contributed by atoms with Gasteiger partial charge in [0.05, 0.1) is 5.60 Å². The summed E-state index contributed by atoms with van der Waals surface area (Å²) in [5.41, 5.74) is -0.315. The van der Waals surface area contributed by atoms with Crippen LogP contribution < -0.4 is 15.4 Å². The minimum Gasteiger partial charge on any atom is -0.489 e. The van der Waals surface area contributed by atoms with E-state index in [0.717, 1.165) is 0 Å². The number of hydrogen-bond donors (Lipinski definition) is 3. The van der Waals surface area contributed by atoms with Gasteiger partial charge in [0.2, 0.25) is 0 Å². The Morgan fingerprint density at radius 3 is 2.86 bits per heavy atom. The summed E-state index contributed by atoms with van der Waals surface area (Å²) in [6.07, 6.45) is 1.65. The van der Waals surface area contributed by atoms with Gasteiger partial charge in [-0.25, -0.2) is 4.79 Å². The van der Waals surface area contributed by atoms with E-state index in [0.29, 0.717) is 18.0 Å². The summed E-state index contributed by atoms with van der Waals surface area (Å²) in [5.74, 6) is 0.704. The van der Waals surface area contributed by atoms with Crippen molar-refractivity contribution in [1.82, 2.24) is 5.32 Å². The van der Waals surface area contributed by atoms with E-state index in [2.05, 4.69) is 17.2 Å². The summed E-state index contributed by atoms with van der Waals surface area (Å²) in [4.78, 5) is 11.8. The first-order chi connectivity index (χ1) is 9.85. The minimum absolute atomic E-state index is 0.0495. The highest BCUT2D eigenvalue weighted by molar-refractivity contribution is 5.89. The Balaban J connectivity index is 2.53. The van der Waals surface area contributed by atoms with Crippen LogP contribution in [0.1, 0.15) is 20.8 Å².